The van der Waals surface area contributed by atoms with Gasteiger partial charge in [-0.05, 0) is 7.05 Å². The maximum Gasteiger partial charge on any atom is 0.432 e. The molecule has 0 aliphatic carbocycles. The van der Waals surface area contributed by atoms with Crippen LogP contribution >= 0.6 is 12.4 Å². The first kappa shape index (κ1) is 16.8. The molecular weight excluding hydrogens is 276 g/mol. The molecule has 17 heavy (non-hydrogen) atoms. The van der Waals surface area contributed by atoms with E-state index in [1.165, 1.54) is 7.05 Å². The van der Waals surface area contributed by atoms with E-state index in [0.717, 1.165) is 7.05 Å². The topological polar surface area (TPSA) is 18.0 Å². The molecule has 2 unspecified atom stereocenters. The Morgan fingerprint density at radius 3 is 1.71 bits per heavy atom. The summed E-state index contributed by atoms with van der Waals surface area (Å²) in [7, 11) is 2.23. The van der Waals surface area contributed by atoms with Gasteiger partial charge in [0.15, 0.2) is 0 Å². The average molecular weight is 288 g/mol. The summed E-state index contributed by atoms with van der Waals surface area (Å²) >= 11 is 0. The van der Waals surface area contributed by atoms with Gasteiger partial charge in [-0.3, -0.25) is 0 Å². The van der Waals surface area contributed by atoms with Gasteiger partial charge in [-0.25, -0.2) is 10.0 Å². The van der Waals surface area contributed by atoms with E-state index >= 15 is 0 Å². The zero-order chi connectivity index (χ0) is 12.8. The molecular formula is C7H12ClF6N3. The highest BCUT2D eigenvalue weighted by Gasteiger charge is 2.87. The first-order valence-electron chi connectivity index (χ1n) is 4.40. The molecule has 1 aliphatic rings. The molecule has 104 valence electrons. The van der Waals surface area contributed by atoms with Crippen LogP contribution in [0.3, 0.4) is 0 Å². The number of hydrogen-bond donors (Lipinski definition) is 1. The Kier molecular flexibility index (Phi) is 4.72. The van der Waals surface area contributed by atoms with Crippen LogP contribution in [0.15, 0.2) is 0 Å². The van der Waals surface area contributed by atoms with Gasteiger partial charge in [-0.1, -0.05) is 0 Å². The van der Waals surface area contributed by atoms with Gasteiger partial charge in [0.2, 0.25) is 0 Å². The monoisotopic (exact) mass is 287 g/mol. The van der Waals surface area contributed by atoms with E-state index in [0.29, 0.717) is 0 Å². The molecule has 10 heteroatoms. The van der Waals surface area contributed by atoms with Crippen molar-refractivity contribution in [2.24, 2.45) is 0 Å². The smallest absolute Gasteiger partial charge is 0.318 e. The third-order valence-electron chi connectivity index (χ3n) is 2.53. The molecule has 3 nitrogen and oxygen atoms in total. The van der Waals surface area contributed by atoms with Crippen molar-refractivity contribution in [2.75, 3.05) is 27.2 Å². The lowest BCUT2D eigenvalue weighted by atomic mass is 10.2. The van der Waals surface area contributed by atoms with Crippen molar-refractivity contribution in [3.8, 4) is 0 Å². The van der Waals surface area contributed by atoms with Crippen LogP contribution in [0, 0.1) is 0 Å². The second kappa shape index (κ2) is 4.79. The lowest BCUT2D eigenvalue weighted by Crippen LogP contribution is -2.51. The minimum absolute atomic E-state index is 0. The summed E-state index contributed by atoms with van der Waals surface area (Å²) < 4.78 is 75.0. The number of nitrogens with one attached hydrogen (secondary N) is 1. The molecule has 0 aromatic carbocycles. The van der Waals surface area contributed by atoms with Crippen molar-refractivity contribution in [3.63, 3.8) is 0 Å². The molecule has 1 fully saturated rings. The van der Waals surface area contributed by atoms with Crippen molar-refractivity contribution in [1.82, 2.24) is 15.3 Å². The number of likely N-dealkylation sites (N-methyl/N-ethyl adjacent to an activating group) is 1. The highest BCUT2D eigenvalue weighted by atomic mass is 35.5. The molecule has 0 bridgehead atoms. The minimum atomic E-state index is -5.37. The lowest BCUT2D eigenvalue weighted by molar-refractivity contribution is -0.286. The van der Waals surface area contributed by atoms with E-state index in [1.54, 1.807) is 0 Å². The van der Waals surface area contributed by atoms with Crippen LogP contribution in [-0.2, 0) is 0 Å². The van der Waals surface area contributed by atoms with Gasteiger partial charge in [-0.15, -0.1) is 12.4 Å². The van der Waals surface area contributed by atoms with Gasteiger partial charge < -0.3 is 5.32 Å². The van der Waals surface area contributed by atoms with Gasteiger partial charge in [0, 0.05) is 20.1 Å². The molecule has 0 aromatic rings. The molecule has 1 N–H and O–H groups in total. The van der Waals surface area contributed by atoms with Crippen LogP contribution in [0.5, 0.6) is 0 Å². The largest absolute Gasteiger partial charge is 0.432 e. The van der Waals surface area contributed by atoms with Crippen LogP contribution in [0.25, 0.3) is 0 Å². The Labute approximate surface area is 100 Å². The SMILES string of the molecule is CNCCN1N(C)C1(C(F)(F)F)C(F)(F)F.Cl. The zero-order valence-corrected chi connectivity index (χ0v) is 9.80. The Balaban J connectivity index is 0.00000256. The van der Waals surface area contributed by atoms with Crippen LogP contribution in [0.4, 0.5) is 26.3 Å². The van der Waals surface area contributed by atoms with Gasteiger partial charge in [0.1, 0.15) is 0 Å². The third-order valence-corrected chi connectivity index (χ3v) is 2.53. The quantitative estimate of drug-likeness (QED) is 0.628. The van der Waals surface area contributed by atoms with Gasteiger partial charge >= 0.3 is 12.4 Å². The van der Waals surface area contributed by atoms with Crippen LogP contribution < -0.4 is 5.32 Å². The third kappa shape index (κ3) is 2.33. The van der Waals surface area contributed by atoms with E-state index in [9.17, 15) is 26.3 Å². The molecule has 1 aliphatic heterocycles. The van der Waals surface area contributed by atoms with E-state index in [-0.39, 0.29) is 35.5 Å². The summed E-state index contributed by atoms with van der Waals surface area (Å²) in [6.45, 7) is -0.315. The summed E-state index contributed by atoms with van der Waals surface area (Å²) in [6.07, 6.45) is -10.7. The Bertz CT molecular complexity index is 251. The number of hydrazine groups is 1. The highest BCUT2D eigenvalue weighted by molar-refractivity contribution is 5.85. The second-order valence-corrected chi connectivity index (χ2v) is 3.42. The first-order chi connectivity index (χ1) is 7.10. The Morgan fingerprint density at radius 1 is 1.06 bits per heavy atom. The number of nitrogens with zero attached hydrogens (tertiary/aromatic N) is 2. The van der Waals surface area contributed by atoms with E-state index < -0.39 is 18.0 Å². The van der Waals surface area contributed by atoms with Gasteiger partial charge in [-0.2, -0.15) is 26.3 Å². The predicted molar refractivity (Wildman–Crippen MR) is 50.5 cm³/mol. The zero-order valence-electron chi connectivity index (χ0n) is 8.98. The van der Waals surface area contributed by atoms with Gasteiger partial charge in [0.25, 0.3) is 5.66 Å². The molecule has 0 radical (unpaired) electrons. The minimum Gasteiger partial charge on any atom is -0.318 e. The second-order valence-electron chi connectivity index (χ2n) is 3.42. The standard InChI is InChI=1S/C7H11F6N3.ClH/c1-14-3-4-16-5(15(16)2,6(8,9)10)7(11,12)13;/h14H,3-4H2,1-2H3;1H. The Hall–Kier alpha value is -0.250. The normalized spacial score (nSPS) is 27.5. The molecule has 1 rings (SSSR count). The molecule has 0 amide bonds. The van der Waals surface area contributed by atoms with Crippen molar-refractivity contribution < 1.29 is 26.3 Å². The molecule has 0 aromatic heterocycles. The summed E-state index contributed by atoms with van der Waals surface area (Å²) in [4.78, 5) is 0. The van der Waals surface area contributed by atoms with Crippen LogP contribution in [0.1, 0.15) is 0 Å². The predicted octanol–water partition coefficient (Wildman–Crippen LogP) is 1.61. The van der Waals surface area contributed by atoms with Crippen LogP contribution in [0.2, 0.25) is 0 Å². The fourth-order valence-corrected chi connectivity index (χ4v) is 1.72. The number of rotatable bonds is 3. The number of alkyl halides is 6. The van der Waals surface area contributed by atoms with Crippen molar-refractivity contribution in [1.29, 1.82) is 0 Å². The maximum absolute atomic E-state index is 12.5. The fourth-order valence-electron chi connectivity index (χ4n) is 1.72. The lowest BCUT2D eigenvalue weighted by Gasteiger charge is -2.21. The van der Waals surface area contributed by atoms with E-state index in [2.05, 4.69) is 5.32 Å². The molecule has 0 saturated carbocycles. The number of hydrogen-bond acceptors (Lipinski definition) is 3. The average Bonchev–Trinajstić information content (AvgIpc) is 2.66. The first-order valence-corrected chi connectivity index (χ1v) is 4.40. The molecule has 1 heterocycles. The highest BCUT2D eigenvalue weighted by Crippen LogP contribution is 2.58. The molecule has 0 spiro atoms. The molecule has 1 saturated heterocycles. The summed E-state index contributed by atoms with van der Waals surface area (Å²) in [5, 5.41) is 2.92. The molecule has 2 atom stereocenters. The number of halogens is 7. The van der Waals surface area contributed by atoms with Crippen molar-refractivity contribution in [2.45, 2.75) is 18.0 Å². The summed E-state index contributed by atoms with van der Waals surface area (Å²) in [5.74, 6) is 0. The van der Waals surface area contributed by atoms with E-state index in [4.69, 9.17) is 0 Å². The summed E-state index contributed by atoms with van der Waals surface area (Å²) in [5.41, 5.74) is -3.82. The fraction of sp³-hybridized carbons (Fsp3) is 1.00. The van der Waals surface area contributed by atoms with Crippen molar-refractivity contribution >= 4 is 12.4 Å². The van der Waals surface area contributed by atoms with Crippen LogP contribution in [-0.4, -0.2) is 55.2 Å². The maximum atomic E-state index is 12.5. The summed E-state index contributed by atoms with van der Waals surface area (Å²) in [6, 6.07) is 0. The Morgan fingerprint density at radius 2 is 1.47 bits per heavy atom. The van der Waals surface area contributed by atoms with E-state index in [1.807, 2.05) is 0 Å². The van der Waals surface area contributed by atoms with Gasteiger partial charge in [0.05, 0.1) is 0 Å². The van der Waals surface area contributed by atoms with Crippen molar-refractivity contribution in [3.05, 3.63) is 0 Å².